The summed E-state index contributed by atoms with van der Waals surface area (Å²) in [6.45, 7) is 1.71. The van der Waals surface area contributed by atoms with Gasteiger partial charge in [0.15, 0.2) is 0 Å². The number of benzene rings is 1. The normalized spacial score (nSPS) is 7.40. The van der Waals surface area contributed by atoms with Crippen molar-refractivity contribution in [3.05, 3.63) is 35.6 Å². The first-order valence-electron chi connectivity index (χ1n) is 2.43. The van der Waals surface area contributed by atoms with Crippen molar-refractivity contribution in [3.63, 3.8) is 0 Å². The van der Waals surface area contributed by atoms with Gasteiger partial charge in [0.1, 0.15) is 0 Å². The zero-order valence-corrected chi connectivity index (χ0v) is 8.70. The summed E-state index contributed by atoms with van der Waals surface area (Å²) in [5.41, 5.74) is 0.646. The molecule has 1 aromatic carbocycles. The van der Waals surface area contributed by atoms with Crippen LogP contribution in [0.3, 0.4) is 0 Å². The maximum absolute atomic E-state index is 12.3. The van der Waals surface area contributed by atoms with Gasteiger partial charge in [-0.3, -0.25) is 0 Å². The van der Waals surface area contributed by atoms with Crippen molar-refractivity contribution in [2.75, 3.05) is 0 Å². The molecule has 1 rings (SSSR count). The summed E-state index contributed by atoms with van der Waals surface area (Å²) in [6, 6.07) is 7.34. The van der Waals surface area contributed by atoms with Gasteiger partial charge in [-0.2, -0.15) is 18.2 Å². The summed E-state index contributed by atoms with van der Waals surface area (Å²) < 4.78 is 12.3. The van der Waals surface area contributed by atoms with E-state index in [1.807, 2.05) is 0 Å². The molecule has 0 nitrogen and oxygen atoms in total. The van der Waals surface area contributed by atoms with Crippen LogP contribution in [0.25, 0.3) is 0 Å². The minimum Gasteiger partial charge on any atom is -1.00 e. The van der Waals surface area contributed by atoms with E-state index in [1.165, 1.54) is 6.07 Å². The van der Waals surface area contributed by atoms with Gasteiger partial charge in [-0.25, -0.2) is 4.39 Å². The molecule has 0 saturated carbocycles. The maximum Gasteiger partial charge on any atom is 2.00 e. The first-order valence-corrected chi connectivity index (χ1v) is 2.43. The molecule has 3 heteroatoms. The fourth-order valence-corrected chi connectivity index (χ4v) is 0.495. The van der Waals surface area contributed by atoms with Crippen molar-refractivity contribution >= 4 is 23.1 Å². The topological polar surface area (TPSA) is 0 Å². The molecule has 0 radical (unpaired) electrons. The second-order valence-electron chi connectivity index (χ2n) is 1.68. The number of aryl methyl sites for hydroxylation is 1. The van der Waals surface area contributed by atoms with Crippen LogP contribution < -0.4 is 17.0 Å². The zero-order valence-electron chi connectivity index (χ0n) is 5.70. The van der Waals surface area contributed by atoms with Crippen molar-refractivity contribution in [3.8, 4) is 0 Å². The van der Waals surface area contributed by atoms with Gasteiger partial charge in [0.2, 0.25) is 0 Å². The third-order valence-corrected chi connectivity index (χ3v) is 1.00. The molecule has 0 aromatic heterocycles. The van der Waals surface area contributed by atoms with Crippen LogP contribution in [-0.4, -0.2) is 23.1 Å². The van der Waals surface area contributed by atoms with Crippen LogP contribution in [0, 0.1) is 18.8 Å². The SMILES string of the molecule is Cc1c[c-]ccc1F.[Br-].[Mg+2]. The Morgan fingerprint density at radius 3 is 2.40 bits per heavy atom. The largest absolute Gasteiger partial charge is 2.00 e. The molecule has 10 heavy (non-hydrogen) atoms. The van der Waals surface area contributed by atoms with E-state index in [0.29, 0.717) is 5.56 Å². The monoisotopic (exact) mass is 212 g/mol. The molecule has 0 amide bonds. The molecule has 0 bridgehead atoms. The second-order valence-corrected chi connectivity index (χ2v) is 1.68. The zero-order chi connectivity index (χ0) is 5.98. The Bertz CT molecular complexity index is 170. The number of halogens is 2. The summed E-state index contributed by atoms with van der Waals surface area (Å²) in [5.74, 6) is -0.163. The van der Waals surface area contributed by atoms with Gasteiger partial charge in [0.25, 0.3) is 0 Å². The van der Waals surface area contributed by atoms with Crippen LogP contribution in [0.5, 0.6) is 0 Å². The molecule has 0 unspecified atom stereocenters. The van der Waals surface area contributed by atoms with E-state index >= 15 is 0 Å². The summed E-state index contributed by atoms with van der Waals surface area (Å²) in [6.07, 6.45) is 0. The summed E-state index contributed by atoms with van der Waals surface area (Å²) in [4.78, 5) is 0. The van der Waals surface area contributed by atoms with Gasteiger partial charge < -0.3 is 17.0 Å². The fraction of sp³-hybridized carbons (Fsp3) is 0.143. The number of hydrogen-bond donors (Lipinski definition) is 0. The second kappa shape index (κ2) is 6.13. The van der Waals surface area contributed by atoms with E-state index < -0.39 is 0 Å². The van der Waals surface area contributed by atoms with Gasteiger partial charge in [0.05, 0.1) is 0 Å². The number of rotatable bonds is 0. The molecule has 50 valence electrons. The van der Waals surface area contributed by atoms with E-state index in [0.717, 1.165) is 0 Å². The van der Waals surface area contributed by atoms with E-state index in [9.17, 15) is 4.39 Å². The van der Waals surface area contributed by atoms with Crippen LogP contribution in [-0.2, 0) is 0 Å². The van der Waals surface area contributed by atoms with Crippen molar-refractivity contribution in [2.24, 2.45) is 0 Å². The molecule has 0 aliphatic heterocycles. The molecule has 0 fully saturated rings. The predicted molar refractivity (Wildman–Crippen MR) is 35.7 cm³/mol. The van der Waals surface area contributed by atoms with Crippen LogP contribution in [0.2, 0.25) is 0 Å². The Hall–Kier alpha value is 0.396. The van der Waals surface area contributed by atoms with Crippen molar-refractivity contribution in [1.29, 1.82) is 0 Å². The standard InChI is InChI=1S/C7H6F.BrH.Mg/c1-6-4-2-3-5-7(6)8;;/h3-5H,1H3;1H;/q-1;;+2/p-1. The molecule has 0 atom stereocenters. The average Bonchev–Trinajstić information content (AvgIpc) is 1.77. The molecular weight excluding hydrogens is 207 g/mol. The van der Waals surface area contributed by atoms with Gasteiger partial charge in [-0.15, -0.1) is 11.6 Å². The quantitative estimate of drug-likeness (QED) is 0.366. The third-order valence-electron chi connectivity index (χ3n) is 1.00. The van der Waals surface area contributed by atoms with Crippen molar-refractivity contribution in [1.82, 2.24) is 0 Å². The summed E-state index contributed by atoms with van der Waals surface area (Å²) >= 11 is 0. The van der Waals surface area contributed by atoms with E-state index in [-0.39, 0.29) is 45.9 Å². The number of hydrogen-bond acceptors (Lipinski definition) is 0. The Morgan fingerprint density at radius 2 is 2.10 bits per heavy atom. The Balaban J connectivity index is 0. The predicted octanol–water partition coefficient (Wildman–Crippen LogP) is -1.44. The van der Waals surface area contributed by atoms with E-state index in [1.54, 1.807) is 19.1 Å². The maximum atomic E-state index is 12.3. The van der Waals surface area contributed by atoms with E-state index in [4.69, 9.17) is 0 Å². The van der Waals surface area contributed by atoms with Crippen LogP contribution in [0.1, 0.15) is 5.56 Å². The Labute approximate surface area is 86.7 Å². The van der Waals surface area contributed by atoms with Gasteiger partial charge in [-0.05, 0) is 0 Å². The summed E-state index contributed by atoms with van der Waals surface area (Å²) in [7, 11) is 0. The van der Waals surface area contributed by atoms with Gasteiger partial charge in [-0.1, -0.05) is 6.92 Å². The smallest absolute Gasteiger partial charge is 1.00 e. The van der Waals surface area contributed by atoms with E-state index in [2.05, 4.69) is 6.07 Å². The first-order chi connectivity index (χ1) is 3.80. The van der Waals surface area contributed by atoms with Crippen LogP contribution in [0.4, 0.5) is 4.39 Å². The van der Waals surface area contributed by atoms with Gasteiger partial charge in [0, 0.05) is 5.82 Å². The third kappa shape index (κ3) is 3.54. The fourth-order valence-electron chi connectivity index (χ4n) is 0.495. The minimum atomic E-state index is -0.163. The van der Waals surface area contributed by atoms with Crippen molar-refractivity contribution in [2.45, 2.75) is 6.92 Å². The molecule has 0 saturated heterocycles. The summed E-state index contributed by atoms with van der Waals surface area (Å²) in [5, 5.41) is 0. The molecule has 0 N–H and O–H groups in total. The molecule has 1 aromatic rings. The average molecular weight is 213 g/mol. The van der Waals surface area contributed by atoms with Crippen LogP contribution in [0.15, 0.2) is 18.2 Å². The van der Waals surface area contributed by atoms with Crippen LogP contribution >= 0.6 is 0 Å². The Morgan fingerprint density at radius 1 is 1.50 bits per heavy atom. The van der Waals surface area contributed by atoms with Crippen molar-refractivity contribution < 1.29 is 21.4 Å². The molecule has 0 aliphatic rings. The molecule has 0 heterocycles. The molecule has 0 aliphatic carbocycles. The molecule has 0 spiro atoms. The molecular formula is C7H6BrFMg. The minimum absolute atomic E-state index is 0. The Kier molecular flexibility index (Phi) is 7.98. The van der Waals surface area contributed by atoms with Gasteiger partial charge >= 0.3 is 23.1 Å². The first kappa shape index (κ1) is 13.0.